The van der Waals surface area contributed by atoms with Crippen LogP contribution in [0.1, 0.15) is 11.6 Å². The number of methoxy groups -OCH3 is 1. The maximum Gasteiger partial charge on any atom is 0.408 e. The summed E-state index contributed by atoms with van der Waals surface area (Å²) in [5.41, 5.74) is -0.798. The van der Waals surface area contributed by atoms with Crippen molar-refractivity contribution in [2.45, 2.75) is 11.6 Å². The summed E-state index contributed by atoms with van der Waals surface area (Å²) in [5.74, 6) is -1.11. The Morgan fingerprint density at radius 3 is 2.41 bits per heavy atom. The van der Waals surface area contributed by atoms with Crippen molar-refractivity contribution in [1.82, 2.24) is 9.80 Å². The van der Waals surface area contributed by atoms with Crippen LogP contribution in [0, 0.1) is 0 Å². The number of nitrogens with zero attached hydrogens (tertiary/aromatic N) is 2. The highest BCUT2D eigenvalue weighted by Gasteiger charge is 2.56. The summed E-state index contributed by atoms with van der Waals surface area (Å²) in [6.07, 6.45) is -1.24. The molecule has 0 bridgehead atoms. The molecule has 2 heterocycles. The van der Waals surface area contributed by atoms with Gasteiger partial charge < -0.3 is 24.2 Å². The van der Waals surface area contributed by atoms with E-state index in [1.165, 1.54) is 12.0 Å². The van der Waals surface area contributed by atoms with Gasteiger partial charge in [0, 0.05) is 6.54 Å². The van der Waals surface area contributed by atoms with E-state index in [2.05, 4.69) is 0 Å². The van der Waals surface area contributed by atoms with E-state index in [0.717, 1.165) is 10.5 Å². The molecule has 0 radical (unpaired) electrons. The second-order valence-corrected chi connectivity index (χ2v) is 6.47. The summed E-state index contributed by atoms with van der Waals surface area (Å²) in [4.78, 5) is 39.8. The third-order valence-corrected chi connectivity index (χ3v) is 4.90. The SMILES string of the molecule is COC(=O)CN1C(=O)C2(COCCOC2)N(C(=O)O)CC1c1ccccc1. The lowest BCUT2D eigenvalue weighted by molar-refractivity contribution is -0.167. The van der Waals surface area contributed by atoms with Crippen LogP contribution in [0.3, 0.4) is 0 Å². The van der Waals surface area contributed by atoms with Gasteiger partial charge in [-0.2, -0.15) is 0 Å². The van der Waals surface area contributed by atoms with Crippen molar-refractivity contribution in [3.05, 3.63) is 35.9 Å². The molecule has 0 saturated carbocycles. The molecule has 146 valence electrons. The van der Waals surface area contributed by atoms with E-state index in [1.54, 1.807) is 24.3 Å². The van der Waals surface area contributed by atoms with Gasteiger partial charge in [-0.3, -0.25) is 14.5 Å². The molecule has 1 spiro atoms. The van der Waals surface area contributed by atoms with Crippen LogP contribution in [-0.2, 0) is 23.8 Å². The smallest absolute Gasteiger partial charge is 0.408 e. The average Bonchev–Trinajstić information content (AvgIpc) is 2.93. The molecule has 1 N–H and O–H groups in total. The Bertz CT molecular complexity index is 701. The van der Waals surface area contributed by atoms with Gasteiger partial charge in [0.25, 0.3) is 5.91 Å². The first-order valence-corrected chi connectivity index (χ1v) is 8.58. The topological polar surface area (TPSA) is 106 Å². The Hall–Kier alpha value is -2.65. The zero-order valence-electron chi connectivity index (χ0n) is 15.0. The van der Waals surface area contributed by atoms with E-state index in [1.807, 2.05) is 6.07 Å². The lowest BCUT2D eigenvalue weighted by Gasteiger charge is -2.50. The predicted octanol–water partition coefficient (Wildman–Crippen LogP) is 0.509. The monoisotopic (exact) mass is 378 g/mol. The second-order valence-electron chi connectivity index (χ2n) is 6.47. The fraction of sp³-hybridized carbons (Fsp3) is 0.500. The largest absolute Gasteiger partial charge is 0.468 e. The molecule has 2 fully saturated rings. The van der Waals surface area contributed by atoms with Gasteiger partial charge in [-0.1, -0.05) is 30.3 Å². The molecule has 9 heteroatoms. The lowest BCUT2D eigenvalue weighted by atomic mass is 9.89. The fourth-order valence-electron chi connectivity index (χ4n) is 3.50. The molecule has 2 saturated heterocycles. The molecule has 1 aromatic carbocycles. The minimum absolute atomic E-state index is 0.00516. The molecule has 1 aromatic rings. The Balaban J connectivity index is 2.04. The Kier molecular flexibility index (Phi) is 5.62. The molecule has 2 aliphatic heterocycles. The number of hydrogen-bond donors (Lipinski definition) is 1. The van der Waals surface area contributed by atoms with Crippen molar-refractivity contribution in [2.24, 2.45) is 0 Å². The summed E-state index contributed by atoms with van der Waals surface area (Å²) in [6.45, 7) is -0.0171. The molecule has 2 amide bonds. The van der Waals surface area contributed by atoms with Gasteiger partial charge in [-0.15, -0.1) is 0 Å². The highest BCUT2D eigenvalue weighted by molar-refractivity contribution is 5.93. The van der Waals surface area contributed by atoms with Crippen molar-refractivity contribution < 1.29 is 33.7 Å². The molecule has 1 atom stereocenters. The molecule has 3 rings (SSSR count). The van der Waals surface area contributed by atoms with Crippen LogP contribution in [-0.4, -0.2) is 85.0 Å². The number of esters is 1. The molecule has 0 aliphatic carbocycles. The average molecular weight is 378 g/mol. The summed E-state index contributed by atoms with van der Waals surface area (Å²) < 4.78 is 15.7. The molecule has 1 unspecified atom stereocenters. The second kappa shape index (κ2) is 7.93. The van der Waals surface area contributed by atoms with Gasteiger partial charge in [-0.25, -0.2) is 4.79 Å². The first-order valence-electron chi connectivity index (χ1n) is 8.58. The number of carbonyl (C=O) groups is 3. The van der Waals surface area contributed by atoms with Gasteiger partial charge in [0.1, 0.15) is 6.54 Å². The van der Waals surface area contributed by atoms with Crippen LogP contribution in [0.15, 0.2) is 30.3 Å². The van der Waals surface area contributed by atoms with E-state index >= 15 is 0 Å². The summed E-state index contributed by atoms with van der Waals surface area (Å²) >= 11 is 0. The van der Waals surface area contributed by atoms with E-state index < -0.39 is 29.6 Å². The molecule has 27 heavy (non-hydrogen) atoms. The van der Waals surface area contributed by atoms with E-state index in [4.69, 9.17) is 14.2 Å². The van der Waals surface area contributed by atoms with Gasteiger partial charge in [-0.05, 0) is 5.56 Å². The molecular formula is C18H22N2O7. The van der Waals surface area contributed by atoms with Crippen LogP contribution < -0.4 is 0 Å². The quantitative estimate of drug-likeness (QED) is 0.764. The summed E-state index contributed by atoms with van der Waals surface area (Å²) in [6, 6.07) is 8.37. The highest BCUT2D eigenvalue weighted by atomic mass is 16.5. The summed E-state index contributed by atoms with van der Waals surface area (Å²) in [7, 11) is 1.24. The third kappa shape index (κ3) is 3.60. The Morgan fingerprint density at radius 1 is 1.22 bits per heavy atom. The van der Waals surface area contributed by atoms with Crippen molar-refractivity contribution in [3.63, 3.8) is 0 Å². The number of amides is 2. The number of ether oxygens (including phenoxy) is 3. The zero-order valence-corrected chi connectivity index (χ0v) is 15.0. The number of hydrogen-bond acceptors (Lipinski definition) is 6. The minimum atomic E-state index is -1.53. The minimum Gasteiger partial charge on any atom is -0.468 e. The van der Waals surface area contributed by atoms with Crippen molar-refractivity contribution in [3.8, 4) is 0 Å². The highest BCUT2D eigenvalue weighted by Crippen LogP contribution is 2.35. The Labute approximate surface area is 156 Å². The lowest BCUT2D eigenvalue weighted by Crippen LogP contribution is -2.71. The molecule has 2 aliphatic rings. The number of carboxylic acid groups (broad SMARTS) is 1. The van der Waals surface area contributed by atoms with E-state index in [0.29, 0.717) is 0 Å². The first-order chi connectivity index (χ1) is 13.0. The van der Waals surface area contributed by atoms with Crippen LogP contribution in [0.2, 0.25) is 0 Å². The number of carbonyl (C=O) groups excluding carboxylic acids is 2. The molecule has 9 nitrogen and oxygen atoms in total. The van der Waals surface area contributed by atoms with Crippen LogP contribution in [0.5, 0.6) is 0 Å². The van der Waals surface area contributed by atoms with E-state index in [9.17, 15) is 19.5 Å². The van der Waals surface area contributed by atoms with E-state index in [-0.39, 0.29) is 39.5 Å². The van der Waals surface area contributed by atoms with Crippen molar-refractivity contribution in [1.29, 1.82) is 0 Å². The van der Waals surface area contributed by atoms with Crippen molar-refractivity contribution in [2.75, 3.05) is 46.6 Å². The Morgan fingerprint density at radius 2 is 1.85 bits per heavy atom. The number of rotatable bonds is 3. The van der Waals surface area contributed by atoms with Gasteiger partial charge in [0.15, 0.2) is 5.54 Å². The van der Waals surface area contributed by atoms with Crippen molar-refractivity contribution >= 4 is 18.0 Å². The fourth-order valence-corrected chi connectivity index (χ4v) is 3.50. The maximum atomic E-state index is 13.5. The van der Waals surface area contributed by atoms with Gasteiger partial charge >= 0.3 is 12.1 Å². The van der Waals surface area contributed by atoms with Gasteiger partial charge in [0.05, 0.1) is 39.6 Å². The predicted molar refractivity (Wildman–Crippen MR) is 92.0 cm³/mol. The number of piperazine rings is 1. The standard InChI is InChI=1S/C18H22N2O7/c1-25-15(21)10-19-14(13-5-3-2-4-6-13)9-20(17(23)24)18(16(19)22)11-26-7-8-27-12-18/h2-6,14H,7-12H2,1H3,(H,23,24). The zero-order chi connectivity index (χ0) is 19.4. The number of benzene rings is 1. The summed E-state index contributed by atoms with van der Waals surface area (Å²) in [5, 5.41) is 9.80. The van der Waals surface area contributed by atoms with Crippen LogP contribution in [0.25, 0.3) is 0 Å². The maximum absolute atomic E-state index is 13.5. The normalized spacial score (nSPS) is 22.4. The first kappa shape index (κ1) is 19.1. The van der Waals surface area contributed by atoms with Crippen LogP contribution >= 0.6 is 0 Å². The molecular weight excluding hydrogens is 356 g/mol. The van der Waals surface area contributed by atoms with Crippen LogP contribution in [0.4, 0.5) is 4.79 Å². The van der Waals surface area contributed by atoms with Gasteiger partial charge in [0.2, 0.25) is 0 Å². The third-order valence-electron chi connectivity index (χ3n) is 4.90. The molecule has 0 aromatic heterocycles.